The number of hydrogen-bond acceptors (Lipinski definition) is 5. The number of carbonyl (C=O) groups is 1. The SMILES string of the molecule is O=NC(=O)c1ccc2c(c1)nc(-c1ccc(Oc3ccc(OCc4ccccc4)cc3)cc1)n2C1CCCCC1. The highest BCUT2D eigenvalue weighted by Crippen LogP contribution is 2.37. The Labute approximate surface area is 232 Å². The van der Waals surface area contributed by atoms with Crippen molar-refractivity contribution in [2.24, 2.45) is 5.18 Å². The molecule has 7 heteroatoms. The standard InChI is InChI=1S/C33H29N3O4/c37-33(35-38)25-13-20-31-30(21-25)34-32(36(31)26-9-5-2-6-10-26)24-11-14-28(15-12-24)40-29-18-16-27(17-19-29)39-22-23-7-3-1-4-8-23/h1,3-4,7-8,11-21,26H,2,5-6,9-10,22H2. The summed E-state index contributed by atoms with van der Waals surface area (Å²) in [6.07, 6.45) is 5.77. The molecule has 1 aromatic heterocycles. The Morgan fingerprint density at radius 1 is 0.825 bits per heavy atom. The molecule has 6 rings (SSSR count). The molecule has 0 radical (unpaired) electrons. The maximum Gasteiger partial charge on any atom is 0.316 e. The van der Waals surface area contributed by atoms with Crippen molar-refractivity contribution in [3.8, 4) is 28.6 Å². The second-order valence-corrected chi connectivity index (χ2v) is 10.1. The number of ether oxygens (including phenoxy) is 2. The lowest BCUT2D eigenvalue weighted by Crippen LogP contribution is -2.14. The van der Waals surface area contributed by atoms with Gasteiger partial charge in [0.15, 0.2) is 0 Å². The van der Waals surface area contributed by atoms with Gasteiger partial charge in [-0.15, -0.1) is 4.91 Å². The van der Waals surface area contributed by atoms with Crippen molar-refractivity contribution in [3.63, 3.8) is 0 Å². The van der Waals surface area contributed by atoms with Crippen molar-refractivity contribution in [2.75, 3.05) is 0 Å². The molecule has 7 nitrogen and oxygen atoms in total. The van der Waals surface area contributed by atoms with Gasteiger partial charge in [0.1, 0.15) is 29.7 Å². The van der Waals surface area contributed by atoms with E-state index in [1.54, 1.807) is 12.1 Å². The van der Waals surface area contributed by atoms with Crippen LogP contribution in [-0.2, 0) is 6.61 Å². The number of carbonyl (C=O) groups excluding carboxylic acids is 1. The van der Waals surface area contributed by atoms with E-state index >= 15 is 0 Å². The summed E-state index contributed by atoms with van der Waals surface area (Å²) in [6, 6.07) is 31.1. The number of nitroso groups, excluding NO2 is 1. The van der Waals surface area contributed by atoms with Crippen molar-refractivity contribution >= 4 is 16.9 Å². The van der Waals surface area contributed by atoms with Crippen LogP contribution in [0.4, 0.5) is 0 Å². The topological polar surface area (TPSA) is 82.8 Å². The van der Waals surface area contributed by atoms with Crippen LogP contribution in [0.25, 0.3) is 22.4 Å². The molecule has 0 unspecified atom stereocenters. The first kappa shape index (κ1) is 25.5. The molecule has 1 fully saturated rings. The van der Waals surface area contributed by atoms with E-state index in [4.69, 9.17) is 14.5 Å². The Bertz CT molecular complexity index is 1620. The Hall–Kier alpha value is -4.78. The molecule has 0 N–H and O–H groups in total. The molecule has 1 aliphatic rings. The van der Waals surface area contributed by atoms with Crippen LogP contribution in [0.3, 0.4) is 0 Å². The van der Waals surface area contributed by atoms with Gasteiger partial charge in [0, 0.05) is 22.3 Å². The highest BCUT2D eigenvalue weighted by Gasteiger charge is 2.23. The van der Waals surface area contributed by atoms with Crippen molar-refractivity contribution in [1.29, 1.82) is 0 Å². The van der Waals surface area contributed by atoms with Crippen LogP contribution in [0.5, 0.6) is 17.2 Å². The fourth-order valence-corrected chi connectivity index (χ4v) is 5.35. The number of hydrogen-bond donors (Lipinski definition) is 0. The zero-order valence-electron chi connectivity index (χ0n) is 22.0. The minimum Gasteiger partial charge on any atom is -0.489 e. The van der Waals surface area contributed by atoms with E-state index in [1.165, 1.54) is 19.3 Å². The molecule has 0 aliphatic heterocycles. The van der Waals surface area contributed by atoms with Gasteiger partial charge in [-0.3, -0.25) is 4.79 Å². The molecule has 40 heavy (non-hydrogen) atoms. The number of aromatic nitrogens is 2. The van der Waals surface area contributed by atoms with E-state index in [1.807, 2.05) is 84.9 Å². The van der Waals surface area contributed by atoms with Crippen molar-refractivity contribution < 1.29 is 14.3 Å². The highest BCUT2D eigenvalue weighted by molar-refractivity contribution is 5.98. The van der Waals surface area contributed by atoms with Gasteiger partial charge in [-0.25, -0.2) is 4.98 Å². The fraction of sp³-hybridized carbons (Fsp3) is 0.212. The van der Waals surface area contributed by atoms with Gasteiger partial charge in [0.2, 0.25) is 0 Å². The summed E-state index contributed by atoms with van der Waals surface area (Å²) in [5.41, 5.74) is 3.97. The number of amides is 1. The van der Waals surface area contributed by atoms with Crippen LogP contribution in [0.15, 0.2) is 102 Å². The molecule has 4 aromatic carbocycles. The molecule has 1 saturated carbocycles. The van der Waals surface area contributed by atoms with Gasteiger partial charge in [0.25, 0.3) is 0 Å². The summed E-state index contributed by atoms with van der Waals surface area (Å²) in [4.78, 5) is 27.6. The summed E-state index contributed by atoms with van der Waals surface area (Å²) in [6.45, 7) is 0.514. The first-order valence-corrected chi connectivity index (χ1v) is 13.6. The van der Waals surface area contributed by atoms with Crippen molar-refractivity contribution in [1.82, 2.24) is 9.55 Å². The summed E-state index contributed by atoms with van der Waals surface area (Å²) in [5, 5.41) is 2.57. The lowest BCUT2D eigenvalue weighted by molar-refractivity contribution is 0.100. The molecule has 200 valence electrons. The van der Waals surface area contributed by atoms with Gasteiger partial charge in [-0.1, -0.05) is 49.6 Å². The van der Waals surface area contributed by atoms with Crippen molar-refractivity contribution in [2.45, 2.75) is 44.8 Å². The smallest absolute Gasteiger partial charge is 0.316 e. The third kappa shape index (κ3) is 5.50. The zero-order chi connectivity index (χ0) is 27.3. The lowest BCUT2D eigenvalue weighted by Gasteiger charge is -2.25. The molecule has 1 aliphatic carbocycles. The molecule has 0 atom stereocenters. The largest absolute Gasteiger partial charge is 0.489 e. The minimum atomic E-state index is -0.784. The average molecular weight is 532 g/mol. The predicted molar refractivity (Wildman–Crippen MR) is 155 cm³/mol. The number of rotatable bonds is 8. The molecule has 0 spiro atoms. The fourth-order valence-electron chi connectivity index (χ4n) is 5.35. The van der Waals surface area contributed by atoms with E-state index in [0.717, 1.165) is 46.8 Å². The summed E-state index contributed by atoms with van der Waals surface area (Å²) < 4.78 is 14.3. The van der Waals surface area contributed by atoms with E-state index in [9.17, 15) is 9.70 Å². The Morgan fingerprint density at radius 2 is 1.50 bits per heavy atom. The van der Waals surface area contributed by atoms with Gasteiger partial charge in [0.05, 0.1) is 11.0 Å². The molecule has 5 aromatic rings. The number of benzene rings is 4. The quantitative estimate of drug-likeness (QED) is 0.188. The maximum atomic E-state index is 11.9. The van der Waals surface area contributed by atoms with Gasteiger partial charge in [-0.05, 0) is 85.1 Å². The van der Waals surface area contributed by atoms with Crippen molar-refractivity contribution in [3.05, 3.63) is 113 Å². The van der Waals surface area contributed by atoms with E-state index in [2.05, 4.69) is 9.74 Å². The molecule has 1 amide bonds. The third-order valence-corrected chi connectivity index (χ3v) is 7.38. The highest BCUT2D eigenvalue weighted by atomic mass is 16.5. The molecule has 0 bridgehead atoms. The molecular formula is C33H29N3O4. The average Bonchev–Trinajstić information content (AvgIpc) is 3.40. The van der Waals surface area contributed by atoms with E-state index in [0.29, 0.717) is 23.9 Å². The maximum absolute atomic E-state index is 11.9. The van der Waals surface area contributed by atoms with Gasteiger partial charge < -0.3 is 14.0 Å². The van der Waals surface area contributed by atoms with Gasteiger partial charge in [-0.2, -0.15) is 0 Å². The lowest BCUT2D eigenvalue weighted by atomic mass is 9.95. The molecular weight excluding hydrogens is 502 g/mol. The second-order valence-electron chi connectivity index (χ2n) is 10.1. The first-order valence-electron chi connectivity index (χ1n) is 13.6. The minimum absolute atomic E-state index is 0.252. The number of imidazole rings is 1. The van der Waals surface area contributed by atoms with Crippen LogP contribution >= 0.6 is 0 Å². The number of nitrogens with zero attached hydrogens (tertiary/aromatic N) is 3. The number of fused-ring (bicyclic) bond motifs is 1. The normalized spacial score (nSPS) is 13.7. The van der Waals surface area contributed by atoms with Crippen LogP contribution < -0.4 is 9.47 Å². The summed E-state index contributed by atoms with van der Waals surface area (Å²) in [5.74, 6) is 2.27. The molecule has 1 heterocycles. The van der Waals surface area contributed by atoms with Crippen LogP contribution in [0, 0.1) is 4.91 Å². The Kier molecular flexibility index (Phi) is 7.35. The van der Waals surface area contributed by atoms with Gasteiger partial charge >= 0.3 is 5.91 Å². The van der Waals surface area contributed by atoms with E-state index < -0.39 is 5.91 Å². The summed E-state index contributed by atoms with van der Waals surface area (Å²) >= 11 is 0. The molecule has 0 saturated heterocycles. The van der Waals surface area contributed by atoms with E-state index in [-0.39, 0.29) is 5.56 Å². The zero-order valence-corrected chi connectivity index (χ0v) is 22.0. The Balaban J connectivity index is 1.22. The Morgan fingerprint density at radius 3 is 2.20 bits per heavy atom. The third-order valence-electron chi connectivity index (χ3n) is 7.38. The monoisotopic (exact) mass is 531 g/mol. The first-order chi connectivity index (χ1) is 19.7. The summed E-state index contributed by atoms with van der Waals surface area (Å²) in [7, 11) is 0. The van der Waals surface area contributed by atoms with Crippen LogP contribution in [0.1, 0.15) is 54.1 Å². The second kappa shape index (κ2) is 11.5. The predicted octanol–water partition coefficient (Wildman–Crippen LogP) is 8.49. The van der Waals surface area contributed by atoms with Crippen LogP contribution in [0.2, 0.25) is 0 Å². The van der Waals surface area contributed by atoms with Crippen LogP contribution in [-0.4, -0.2) is 15.5 Å².